The summed E-state index contributed by atoms with van der Waals surface area (Å²) < 4.78 is 43.3. The SMILES string of the molecule is Cc1ncc(CC(=O)c2cccc(OC(F)(F)F)c2)cc1-n1cc(-c2cncc(N3CCN(C(C)C)CC3)c2)nn1. The Labute approximate surface area is 235 Å². The van der Waals surface area contributed by atoms with Gasteiger partial charge in [-0.2, -0.15) is 0 Å². The minimum absolute atomic E-state index is 0.0622. The molecule has 0 aliphatic carbocycles. The number of anilines is 1. The third-order valence-electron chi connectivity index (χ3n) is 7.04. The molecule has 0 spiro atoms. The molecule has 5 rings (SSSR count). The predicted octanol–water partition coefficient (Wildman–Crippen LogP) is 4.89. The summed E-state index contributed by atoms with van der Waals surface area (Å²) in [7, 11) is 0. The van der Waals surface area contributed by atoms with Gasteiger partial charge in [-0.1, -0.05) is 17.3 Å². The second-order valence-electron chi connectivity index (χ2n) is 10.2. The Kier molecular flexibility index (Phi) is 8.02. The fourth-order valence-corrected chi connectivity index (χ4v) is 4.80. The summed E-state index contributed by atoms with van der Waals surface area (Å²) in [4.78, 5) is 26.5. The zero-order chi connectivity index (χ0) is 29.1. The molecule has 0 unspecified atom stereocenters. The van der Waals surface area contributed by atoms with E-state index in [-0.39, 0.29) is 17.8 Å². The molecule has 0 bridgehead atoms. The molecular formula is C29H30F3N7O2. The van der Waals surface area contributed by atoms with Gasteiger partial charge in [0.15, 0.2) is 5.78 Å². The third-order valence-corrected chi connectivity index (χ3v) is 7.04. The van der Waals surface area contributed by atoms with Crippen LogP contribution in [0.25, 0.3) is 16.9 Å². The van der Waals surface area contributed by atoms with E-state index in [0.29, 0.717) is 28.7 Å². The molecule has 9 nitrogen and oxygen atoms in total. The number of aromatic nitrogens is 5. The first kappa shape index (κ1) is 28.2. The summed E-state index contributed by atoms with van der Waals surface area (Å²) in [5, 5.41) is 8.64. The van der Waals surface area contributed by atoms with E-state index in [1.807, 2.05) is 13.1 Å². The number of halogens is 3. The Morgan fingerprint density at radius 3 is 2.56 bits per heavy atom. The number of carbonyl (C=O) groups is 1. The van der Waals surface area contributed by atoms with E-state index in [1.165, 1.54) is 12.1 Å². The number of aryl methyl sites for hydroxylation is 1. The number of ether oxygens (including phenoxy) is 1. The van der Waals surface area contributed by atoms with Gasteiger partial charge in [-0.3, -0.25) is 19.7 Å². The van der Waals surface area contributed by atoms with Crippen molar-refractivity contribution in [1.29, 1.82) is 0 Å². The van der Waals surface area contributed by atoms with Crippen LogP contribution in [-0.4, -0.2) is 74.2 Å². The first-order valence-electron chi connectivity index (χ1n) is 13.3. The number of benzene rings is 1. The van der Waals surface area contributed by atoms with Gasteiger partial charge in [-0.15, -0.1) is 18.3 Å². The number of hydrogen-bond donors (Lipinski definition) is 0. The van der Waals surface area contributed by atoms with Crippen LogP contribution < -0.4 is 9.64 Å². The Morgan fingerprint density at radius 1 is 1.05 bits per heavy atom. The van der Waals surface area contributed by atoms with E-state index in [0.717, 1.165) is 49.6 Å². The van der Waals surface area contributed by atoms with E-state index in [1.54, 1.807) is 29.3 Å². The van der Waals surface area contributed by atoms with Gasteiger partial charge in [-0.25, -0.2) is 4.68 Å². The van der Waals surface area contributed by atoms with Crippen molar-refractivity contribution in [3.8, 4) is 22.7 Å². The summed E-state index contributed by atoms with van der Waals surface area (Å²) in [5.74, 6) is -0.816. The Balaban J connectivity index is 1.31. The van der Waals surface area contributed by atoms with Gasteiger partial charge in [0.25, 0.3) is 0 Å². The van der Waals surface area contributed by atoms with E-state index in [4.69, 9.17) is 0 Å². The molecule has 1 fully saturated rings. The van der Waals surface area contributed by atoms with E-state index < -0.39 is 12.1 Å². The average molecular weight is 566 g/mol. The lowest BCUT2D eigenvalue weighted by Crippen LogP contribution is -2.48. The molecule has 4 aromatic rings. The van der Waals surface area contributed by atoms with Crippen molar-refractivity contribution >= 4 is 11.5 Å². The fraction of sp³-hybridized carbons (Fsp3) is 0.345. The van der Waals surface area contributed by atoms with Crippen LogP contribution in [-0.2, 0) is 6.42 Å². The van der Waals surface area contributed by atoms with Crippen LogP contribution in [0, 0.1) is 6.92 Å². The first-order chi connectivity index (χ1) is 19.6. The molecule has 0 amide bonds. The number of carbonyl (C=O) groups excluding carboxylic acids is 1. The number of hydrogen-bond acceptors (Lipinski definition) is 8. The molecule has 0 atom stereocenters. The molecule has 1 aromatic carbocycles. The molecule has 41 heavy (non-hydrogen) atoms. The van der Waals surface area contributed by atoms with Crippen LogP contribution in [0.15, 0.2) is 61.2 Å². The lowest BCUT2D eigenvalue weighted by atomic mass is 10.0. The number of ketones is 1. The fourth-order valence-electron chi connectivity index (χ4n) is 4.80. The first-order valence-corrected chi connectivity index (χ1v) is 13.3. The number of pyridine rings is 2. The number of Topliss-reactive ketones (excluding diaryl/α,β-unsaturated/α-hetero) is 1. The molecule has 1 saturated heterocycles. The van der Waals surface area contributed by atoms with Crippen molar-refractivity contribution in [1.82, 2.24) is 29.9 Å². The molecule has 1 aliphatic rings. The lowest BCUT2D eigenvalue weighted by Gasteiger charge is -2.38. The average Bonchev–Trinajstić information content (AvgIpc) is 3.44. The molecule has 0 saturated carbocycles. The maximum atomic E-state index is 12.9. The summed E-state index contributed by atoms with van der Waals surface area (Å²) >= 11 is 0. The number of rotatable bonds is 8. The second kappa shape index (κ2) is 11.7. The zero-order valence-corrected chi connectivity index (χ0v) is 23.0. The van der Waals surface area contributed by atoms with Crippen molar-refractivity contribution in [2.24, 2.45) is 0 Å². The van der Waals surface area contributed by atoms with Gasteiger partial charge in [0.05, 0.1) is 29.5 Å². The highest BCUT2D eigenvalue weighted by atomic mass is 19.4. The highest BCUT2D eigenvalue weighted by Crippen LogP contribution is 2.26. The van der Waals surface area contributed by atoms with Crippen LogP contribution in [0.1, 0.15) is 35.5 Å². The van der Waals surface area contributed by atoms with Crippen LogP contribution in [0.2, 0.25) is 0 Å². The molecule has 4 heterocycles. The van der Waals surface area contributed by atoms with Crippen molar-refractivity contribution in [3.63, 3.8) is 0 Å². The van der Waals surface area contributed by atoms with Crippen LogP contribution >= 0.6 is 0 Å². The van der Waals surface area contributed by atoms with Gasteiger partial charge >= 0.3 is 6.36 Å². The Morgan fingerprint density at radius 2 is 1.83 bits per heavy atom. The Hall–Kier alpha value is -4.32. The number of alkyl halides is 3. The second-order valence-corrected chi connectivity index (χ2v) is 10.2. The summed E-state index contributed by atoms with van der Waals surface area (Å²) in [6.07, 6.45) is 2.06. The quantitative estimate of drug-likeness (QED) is 0.279. The van der Waals surface area contributed by atoms with E-state index >= 15 is 0 Å². The maximum Gasteiger partial charge on any atom is 0.573 e. The molecule has 0 N–H and O–H groups in total. The van der Waals surface area contributed by atoms with Gasteiger partial charge in [0.2, 0.25) is 0 Å². The van der Waals surface area contributed by atoms with Gasteiger partial charge in [0.1, 0.15) is 11.4 Å². The molecule has 0 radical (unpaired) electrons. The molecule has 1 aliphatic heterocycles. The standard InChI is InChI=1S/C29H30F3N7O2/c1-19(2)37-7-9-38(10-8-37)24-13-23(16-33-17-24)26-18-39(36-35-26)27-11-21(15-34-20(27)3)12-28(40)22-5-4-6-25(14-22)41-29(30,31)32/h4-6,11,13-19H,7-10,12H2,1-3H3. The topological polar surface area (TPSA) is 89.3 Å². The zero-order valence-electron chi connectivity index (χ0n) is 23.0. The molecule has 214 valence electrons. The van der Waals surface area contributed by atoms with Gasteiger partial charge in [-0.05, 0) is 50.6 Å². The molecule has 3 aromatic heterocycles. The minimum atomic E-state index is -4.84. The lowest BCUT2D eigenvalue weighted by molar-refractivity contribution is -0.274. The largest absolute Gasteiger partial charge is 0.573 e. The monoisotopic (exact) mass is 565 g/mol. The Bertz CT molecular complexity index is 1530. The van der Waals surface area contributed by atoms with Crippen molar-refractivity contribution in [2.75, 3.05) is 31.1 Å². The highest BCUT2D eigenvalue weighted by molar-refractivity contribution is 5.97. The van der Waals surface area contributed by atoms with Gasteiger partial charge in [0, 0.05) is 62.2 Å². The predicted molar refractivity (Wildman–Crippen MR) is 147 cm³/mol. The smallest absolute Gasteiger partial charge is 0.406 e. The minimum Gasteiger partial charge on any atom is -0.406 e. The van der Waals surface area contributed by atoms with E-state index in [2.05, 4.69) is 54.7 Å². The highest BCUT2D eigenvalue weighted by Gasteiger charge is 2.31. The third kappa shape index (κ3) is 6.88. The molecule has 12 heteroatoms. The van der Waals surface area contributed by atoms with E-state index in [9.17, 15) is 18.0 Å². The number of piperazine rings is 1. The summed E-state index contributed by atoms with van der Waals surface area (Å²) in [6, 6.07) is 9.38. The van der Waals surface area contributed by atoms with Crippen LogP contribution in [0.3, 0.4) is 0 Å². The van der Waals surface area contributed by atoms with Crippen molar-refractivity contribution in [3.05, 3.63) is 78.0 Å². The summed E-state index contributed by atoms with van der Waals surface area (Å²) in [6.45, 7) is 10.1. The van der Waals surface area contributed by atoms with Gasteiger partial charge < -0.3 is 9.64 Å². The molecular weight excluding hydrogens is 535 g/mol. The van der Waals surface area contributed by atoms with Crippen molar-refractivity contribution in [2.45, 2.75) is 39.6 Å². The normalized spacial score (nSPS) is 14.5. The summed E-state index contributed by atoms with van der Waals surface area (Å²) in [5.41, 5.74) is 4.50. The van der Waals surface area contributed by atoms with Crippen LogP contribution in [0.4, 0.5) is 18.9 Å². The van der Waals surface area contributed by atoms with Crippen LogP contribution in [0.5, 0.6) is 5.75 Å². The maximum absolute atomic E-state index is 12.9. The van der Waals surface area contributed by atoms with Crippen molar-refractivity contribution < 1.29 is 22.7 Å². The number of nitrogens with zero attached hydrogens (tertiary/aromatic N) is 7.